The smallest absolute Gasteiger partial charge is 0.251 e. The van der Waals surface area contributed by atoms with Gasteiger partial charge in [0.1, 0.15) is 6.54 Å². The molecule has 2 amide bonds. The average Bonchev–Trinajstić information content (AvgIpc) is 3.43. The Balaban J connectivity index is 1.81. The predicted molar refractivity (Wildman–Crippen MR) is 98.7 cm³/mol. The molecular formula is C18H27N5O2. The normalized spacial score (nSPS) is 13.9. The summed E-state index contributed by atoms with van der Waals surface area (Å²) in [6.07, 6.45) is 2.90. The van der Waals surface area contributed by atoms with Gasteiger partial charge in [0.2, 0.25) is 5.91 Å². The molecule has 7 nitrogen and oxygen atoms in total. The summed E-state index contributed by atoms with van der Waals surface area (Å²) in [5.41, 5.74) is 1.72. The SMILES string of the molecule is CCNC(=NCC(=O)NC1CC1)NCCc1cccc(C(=O)NC)c1. The molecule has 1 aliphatic rings. The number of aliphatic imine (C=N–C) groups is 1. The summed E-state index contributed by atoms with van der Waals surface area (Å²) in [6.45, 7) is 3.49. The second-order valence-corrected chi connectivity index (χ2v) is 5.99. The number of benzene rings is 1. The quantitative estimate of drug-likeness (QED) is 0.406. The van der Waals surface area contributed by atoms with Crippen LogP contribution in [0.1, 0.15) is 35.7 Å². The van der Waals surface area contributed by atoms with Crippen LogP contribution in [0.4, 0.5) is 0 Å². The number of rotatable bonds is 8. The van der Waals surface area contributed by atoms with E-state index in [9.17, 15) is 9.59 Å². The molecule has 0 aromatic heterocycles. The van der Waals surface area contributed by atoms with E-state index >= 15 is 0 Å². The molecule has 25 heavy (non-hydrogen) atoms. The van der Waals surface area contributed by atoms with E-state index in [-0.39, 0.29) is 18.4 Å². The Morgan fingerprint density at radius 1 is 1.24 bits per heavy atom. The van der Waals surface area contributed by atoms with Crippen LogP contribution >= 0.6 is 0 Å². The second kappa shape index (κ2) is 9.66. The Hall–Kier alpha value is -2.57. The molecule has 1 saturated carbocycles. The number of amides is 2. The van der Waals surface area contributed by atoms with Gasteiger partial charge in [-0.25, -0.2) is 4.99 Å². The molecule has 1 aliphatic carbocycles. The zero-order valence-electron chi connectivity index (χ0n) is 14.9. The molecule has 0 radical (unpaired) electrons. The zero-order valence-corrected chi connectivity index (χ0v) is 14.9. The van der Waals surface area contributed by atoms with Crippen LogP contribution < -0.4 is 21.3 Å². The highest BCUT2D eigenvalue weighted by Crippen LogP contribution is 2.18. The maximum Gasteiger partial charge on any atom is 0.251 e. The van der Waals surface area contributed by atoms with Crippen molar-refractivity contribution in [1.29, 1.82) is 0 Å². The summed E-state index contributed by atoms with van der Waals surface area (Å²) in [5, 5.41) is 11.9. The molecule has 0 heterocycles. The highest BCUT2D eigenvalue weighted by atomic mass is 16.2. The van der Waals surface area contributed by atoms with Crippen LogP contribution in [0.5, 0.6) is 0 Å². The van der Waals surface area contributed by atoms with E-state index in [0.717, 1.165) is 31.4 Å². The molecular weight excluding hydrogens is 318 g/mol. The molecule has 1 aromatic carbocycles. The van der Waals surface area contributed by atoms with Crippen LogP contribution in [-0.4, -0.2) is 50.5 Å². The number of carbonyl (C=O) groups is 2. The van der Waals surface area contributed by atoms with Crippen molar-refractivity contribution in [1.82, 2.24) is 21.3 Å². The van der Waals surface area contributed by atoms with Crippen molar-refractivity contribution in [3.8, 4) is 0 Å². The van der Waals surface area contributed by atoms with Crippen molar-refractivity contribution in [3.05, 3.63) is 35.4 Å². The van der Waals surface area contributed by atoms with Gasteiger partial charge < -0.3 is 21.3 Å². The Bertz CT molecular complexity index is 626. The van der Waals surface area contributed by atoms with Gasteiger partial charge >= 0.3 is 0 Å². The van der Waals surface area contributed by atoms with Crippen LogP contribution in [0.15, 0.2) is 29.3 Å². The van der Waals surface area contributed by atoms with Crippen LogP contribution in [0.25, 0.3) is 0 Å². The van der Waals surface area contributed by atoms with Crippen molar-refractivity contribution >= 4 is 17.8 Å². The maximum absolute atomic E-state index is 11.7. The fourth-order valence-corrected chi connectivity index (χ4v) is 2.33. The van der Waals surface area contributed by atoms with Crippen molar-refractivity contribution < 1.29 is 9.59 Å². The summed E-state index contributed by atoms with van der Waals surface area (Å²) >= 11 is 0. The monoisotopic (exact) mass is 345 g/mol. The van der Waals surface area contributed by atoms with E-state index in [4.69, 9.17) is 0 Å². The van der Waals surface area contributed by atoms with Crippen LogP contribution in [-0.2, 0) is 11.2 Å². The molecule has 0 bridgehead atoms. The van der Waals surface area contributed by atoms with Gasteiger partial charge in [0.05, 0.1) is 0 Å². The molecule has 136 valence electrons. The van der Waals surface area contributed by atoms with Gasteiger partial charge in [0.15, 0.2) is 5.96 Å². The third-order valence-electron chi connectivity index (χ3n) is 3.79. The first-order valence-corrected chi connectivity index (χ1v) is 8.75. The van der Waals surface area contributed by atoms with Gasteiger partial charge in [-0.3, -0.25) is 9.59 Å². The molecule has 0 aliphatic heterocycles. The van der Waals surface area contributed by atoms with Crippen molar-refractivity contribution in [2.75, 3.05) is 26.7 Å². The lowest BCUT2D eigenvalue weighted by molar-refractivity contribution is -0.119. The lowest BCUT2D eigenvalue weighted by Crippen LogP contribution is -2.39. The largest absolute Gasteiger partial charge is 0.357 e. The minimum atomic E-state index is -0.0913. The molecule has 1 fully saturated rings. The molecule has 0 spiro atoms. The summed E-state index contributed by atoms with van der Waals surface area (Å²) in [5.74, 6) is 0.486. The lowest BCUT2D eigenvalue weighted by Gasteiger charge is -2.11. The summed E-state index contributed by atoms with van der Waals surface area (Å²) in [4.78, 5) is 27.7. The molecule has 7 heteroatoms. The van der Waals surface area contributed by atoms with Crippen molar-refractivity contribution in [2.45, 2.75) is 32.2 Å². The average molecular weight is 345 g/mol. The first kappa shape index (κ1) is 18.8. The minimum absolute atomic E-state index is 0.0435. The lowest BCUT2D eigenvalue weighted by atomic mass is 10.1. The van der Waals surface area contributed by atoms with E-state index in [2.05, 4.69) is 26.3 Å². The second-order valence-electron chi connectivity index (χ2n) is 5.99. The van der Waals surface area contributed by atoms with Gasteiger partial charge in [-0.2, -0.15) is 0 Å². The predicted octanol–water partition coefficient (Wildman–Crippen LogP) is 0.422. The molecule has 2 rings (SSSR count). The fourth-order valence-electron chi connectivity index (χ4n) is 2.33. The summed E-state index contributed by atoms with van der Waals surface area (Å²) in [7, 11) is 1.62. The molecule has 0 atom stereocenters. The van der Waals surface area contributed by atoms with E-state index in [0.29, 0.717) is 24.1 Å². The van der Waals surface area contributed by atoms with Crippen LogP contribution in [0, 0.1) is 0 Å². The topological polar surface area (TPSA) is 94.6 Å². The summed E-state index contributed by atoms with van der Waals surface area (Å²) in [6, 6.07) is 7.89. The fraction of sp³-hybridized carbons (Fsp3) is 0.500. The van der Waals surface area contributed by atoms with E-state index < -0.39 is 0 Å². The van der Waals surface area contributed by atoms with E-state index in [1.807, 2.05) is 25.1 Å². The minimum Gasteiger partial charge on any atom is -0.357 e. The molecule has 0 unspecified atom stereocenters. The highest BCUT2D eigenvalue weighted by molar-refractivity contribution is 5.94. The number of hydrogen-bond donors (Lipinski definition) is 4. The third-order valence-corrected chi connectivity index (χ3v) is 3.79. The number of hydrogen-bond acceptors (Lipinski definition) is 3. The number of guanidine groups is 1. The van der Waals surface area contributed by atoms with Gasteiger partial charge in [0.25, 0.3) is 5.91 Å². The summed E-state index contributed by atoms with van der Waals surface area (Å²) < 4.78 is 0. The standard InChI is InChI=1S/C18H27N5O2/c1-3-20-18(22-12-16(24)23-15-7-8-15)21-10-9-13-5-4-6-14(11-13)17(25)19-2/h4-6,11,15H,3,7-10,12H2,1-2H3,(H,19,25)(H,23,24)(H2,20,21,22). The van der Waals surface area contributed by atoms with Crippen molar-refractivity contribution in [2.24, 2.45) is 4.99 Å². The molecule has 1 aromatic rings. The number of carbonyl (C=O) groups excluding carboxylic acids is 2. The van der Waals surface area contributed by atoms with Gasteiger partial charge in [-0.1, -0.05) is 12.1 Å². The van der Waals surface area contributed by atoms with Crippen molar-refractivity contribution in [3.63, 3.8) is 0 Å². The molecule has 0 saturated heterocycles. The zero-order chi connectivity index (χ0) is 18.1. The van der Waals surface area contributed by atoms with Gasteiger partial charge in [-0.15, -0.1) is 0 Å². The number of nitrogens with one attached hydrogen (secondary N) is 4. The maximum atomic E-state index is 11.7. The Morgan fingerprint density at radius 3 is 2.72 bits per heavy atom. The highest BCUT2D eigenvalue weighted by Gasteiger charge is 2.22. The first-order valence-electron chi connectivity index (χ1n) is 8.75. The van der Waals surface area contributed by atoms with E-state index in [1.54, 1.807) is 13.1 Å². The van der Waals surface area contributed by atoms with Gasteiger partial charge in [0, 0.05) is 31.7 Å². The first-order chi connectivity index (χ1) is 12.1. The van der Waals surface area contributed by atoms with Gasteiger partial charge in [-0.05, 0) is 43.9 Å². The molecule has 4 N–H and O–H groups in total. The van der Waals surface area contributed by atoms with Crippen LogP contribution in [0.3, 0.4) is 0 Å². The third kappa shape index (κ3) is 6.82. The van der Waals surface area contributed by atoms with Crippen LogP contribution in [0.2, 0.25) is 0 Å². The Morgan fingerprint density at radius 2 is 2.04 bits per heavy atom. The Labute approximate surface area is 148 Å². The van der Waals surface area contributed by atoms with E-state index in [1.165, 1.54) is 0 Å². The Kier molecular flexibility index (Phi) is 7.25. The number of nitrogens with zero attached hydrogens (tertiary/aromatic N) is 1.